The first-order valence-corrected chi connectivity index (χ1v) is 21.5. The molecule has 0 amide bonds. The number of aryl methyl sites for hydroxylation is 2. The Morgan fingerprint density at radius 3 is 2.05 bits per heavy atom. The fourth-order valence-corrected chi connectivity index (χ4v) is 10.6. The van der Waals surface area contributed by atoms with Crippen molar-refractivity contribution in [2.24, 2.45) is 0 Å². The molecule has 3 aliphatic carbocycles. The molecule has 0 spiro atoms. The molecule has 0 bridgehead atoms. The van der Waals surface area contributed by atoms with E-state index in [1.165, 1.54) is 81.8 Å². The van der Waals surface area contributed by atoms with E-state index in [4.69, 9.17) is 0 Å². The first-order valence-electron chi connectivity index (χ1n) is 20.7. The molecule has 1 heterocycles. The molecule has 0 N–H and O–H groups in total. The molecule has 1 nitrogen and oxygen atoms in total. The van der Waals surface area contributed by atoms with Gasteiger partial charge in [0.05, 0.1) is 0 Å². The Morgan fingerprint density at radius 1 is 0.603 bits per heavy atom. The van der Waals surface area contributed by atoms with Gasteiger partial charge in [-0.05, 0) is 130 Å². The van der Waals surface area contributed by atoms with E-state index in [1.54, 1.807) is 0 Å². The molecule has 1 aromatic heterocycles. The van der Waals surface area contributed by atoms with Crippen LogP contribution in [0.5, 0.6) is 0 Å². The number of benzene rings is 7. The minimum absolute atomic E-state index is 0.0648. The summed E-state index contributed by atoms with van der Waals surface area (Å²) in [7, 11) is 0. The van der Waals surface area contributed by atoms with E-state index >= 15 is 0 Å². The van der Waals surface area contributed by atoms with Crippen molar-refractivity contribution < 1.29 is 0 Å². The van der Waals surface area contributed by atoms with Crippen LogP contribution < -0.4 is 4.90 Å². The van der Waals surface area contributed by atoms with Crippen molar-refractivity contribution in [2.45, 2.75) is 51.4 Å². The minimum Gasteiger partial charge on any atom is -0.310 e. The van der Waals surface area contributed by atoms with Gasteiger partial charge in [0, 0.05) is 43.4 Å². The first-order chi connectivity index (χ1) is 28.4. The number of hydrogen-bond donors (Lipinski definition) is 0. The van der Waals surface area contributed by atoms with Crippen LogP contribution in [0.3, 0.4) is 0 Å². The monoisotopic (exact) mass is 765 g/mol. The largest absolute Gasteiger partial charge is 0.310 e. The maximum atomic E-state index is 2.52. The number of rotatable bonds is 5. The molecule has 11 rings (SSSR count). The van der Waals surface area contributed by atoms with Crippen LogP contribution in [0.25, 0.3) is 44.5 Å². The highest BCUT2D eigenvalue weighted by atomic mass is 32.1. The summed E-state index contributed by atoms with van der Waals surface area (Å²) in [5.74, 6) is 0.319. The second-order valence-electron chi connectivity index (χ2n) is 16.5. The third-order valence-electron chi connectivity index (χ3n) is 12.4. The molecule has 1 unspecified atom stereocenters. The van der Waals surface area contributed by atoms with Gasteiger partial charge in [0.15, 0.2) is 0 Å². The van der Waals surface area contributed by atoms with Crippen molar-refractivity contribution in [3.8, 4) is 22.3 Å². The van der Waals surface area contributed by atoms with Crippen molar-refractivity contribution in [1.82, 2.24) is 0 Å². The lowest BCUT2D eigenvalue weighted by molar-refractivity contribution is 0.660. The van der Waals surface area contributed by atoms with Gasteiger partial charge >= 0.3 is 0 Å². The van der Waals surface area contributed by atoms with E-state index in [1.807, 2.05) is 47.7 Å². The van der Waals surface area contributed by atoms with Gasteiger partial charge in [-0.1, -0.05) is 159 Å². The van der Waals surface area contributed by atoms with Gasteiger partial charge in [-0.15, -0.1) is 11.3 Å². The number of thiophene rings is 1. The number of nitrogens with zero attached hydrogens (tertiary/aromatic N) is 1. The first kappa shape index (κ1) is 36.1. The Bertz CT molecular complexity index is 2810. The lowest BCUT2D eigenvalue weighted by atomic mass is 9.81. The molecule has 282 valence electrons. The van der Waals surface area contributed by atoms with Gasteiger partial charge in [0.1, 0.15) is 0 Å². The molecule has 0 saturated heterocycles. The van der Waals surface area contributed by atoms with Gasteiger partial charge in [-0.2, -0.15) is 0 Å². The number of fused-ring (bicyclic) bond motifs is 7. The number of anilines is 3. The average molecular weight is 766 g/mol. The molecule has 0 radical (unpaired) electrons. The predicted molar refractivity (Wildman–Crippen MR) is 250 cm³/mol. The topological polar surface area (TPSA) is 3.24 Å². The lowest BCUT2D eigenvalue weighted by Gasteiger charge is -2.28. The zero-order valence-corrected chi connectivity index (χ0v) is 34.3. The maximum Gasteiger partial charge on any atom is 0.0465 e. The summed E-state index contributed by atoms with van der Waals surface area (Å²) in [6.07, 6.45) is 12.8. The molecular weight excluding hydrogens is 719 g/mol. The Hall–Kier alpha value is -6.22. The summed E-state index contributed by atoms with van der Waals surface area (Å²) in [5, 5.41) is 1.41. The summed E-state index contributed by atoms with van der Waals surface area (Å²) in [4.78, 5) is 3.95. The molecule has 58 heavy (non-hydrogen) atoms. The smallest absolute Gasteiger partial charge is 0.0465 e. The Morgan fingerprint density at radius 2 is 1.28 bits per heavy atom. The van der Waals surface area contributed by atoms with Crippen molar-refractivity contribution >= 4 is 50.6 Å². The van der Waals surface area contributed by atoms with E-state index in [9.17, 15) is 0 Å². The van der Waals surface area contributed by atoms with Crippen LogP contribution in [0.2, 0.25) is 0 Å². The lowest BCUT2D eigenvalue weighted by Crippen LogP contribution is -2.16. The average Bonchev–Trinajstić information content (AvgIpc) is 3.75. The normalized spacial score (nSPS) is 15.5. The van der Waals surface area contributed by atoms with Crippen LogP contribution in [0.4, 0.5) is 17.1 Å². The third kappa shape index (κ3) is 6.52. The van der Waals surface area contributed by atoms with E-state index in [0.717, 1.165) is 30.6 Å². The predicted octanol–water partition coefficient (Wildman–Crippen LogP) is 15.7. The van der Waals surface area contributed by atoms with Gasteiger partial charge in [0.25, 0.3) is 0 Å². The number of allylic oxidation sites excluding steroid dienone is 2. The van der Waals surface area contributed by atoms with Crippen LogP contribution in [-0.2, 0) is 18.3 Å². The van der Waals surface area contributed by atoms with Gasteiger partial charge in [0.2, 0.25) is 0 Å². The molecule has 0 aliphatic heterocycles. The van der Waals surface area contributed by atoms with Crippen molar-refractivity contribution in [3.05, 3.63) is 220 Å². The van der Waals surface area contributed by atoms with Gasteiger partial charge in [-0.3, -0.25) is 0 Å². The van der Waals surface area contributed by atoms with Crippen molar-refractivity contribution in [2.75, 3.05) is 4.90 Å². The molecule has 0 saturated carbocycles. The van der Waals surface area contributed by atoms with Crippen LogP contribution in [0.15, 0.2) is 176 Å². The van der Waals surface area contributed by atoms with Crippen LogP contribution in [-0.4, -0.2) is 0 Å². The summed E-state index contributed by atoms with van der Waals surface area (Å²) in [5.41, 5.74) is 18.4. The number of hydrogen-bond acceptors (Lipinski definition) is 2. The maximum absolute atomic E-state index is 2.52. The van der Waals surface area contributed by atoms with E-state index in [2.05, 4.69) is 177 Å². The molecule has 0 fully saturated rings. The van der Waals surface area contributed by atoms with E-state index in [0.29, 0.717) is 5.92 Å². The van der Waals surface area contributed by atoms with E-state index in [-0.39, 0.29) is 5.41 Å². The van der Waals surface area contributed by atoms with Gasteiger partial charge in [-0.25, -0.2) is 0 Å². The second kappa shape index (κ2) is 14.9. The fourth-order valence-electron chi connectivity index (χ4n) is 9.34. The quantitative estimate of drug-likeness (QED) is 0.169. The molecule has 8 aromatic rings. The summed E-state index contributed by atoms with van der Waals surface area (Å²) in [6, 6.07) is 60.1. The minimum atomic E-state index is -0.0648. The SMILES string of the molecule is Cc1ccc(N(c2ccc(-c3cc4sc5c(c4cc3C3C=Cc4ccccc4C3)C=CCC5)cc2)c2ccc3c(c2)C(C)(C)c2ccccc2-3)cc1.c1ccccc1. The zero-order chi connectivity index (χ0) is 39.2. The standard InChI is InChI=1S/C50H41NS.C6H6/c1-32-16-22-37(23-17-32)51(39-26-27-41-40-12-6-8-14-46(40)50(2,3)47(41)29-39)38-24-20-34(21-25-38)44-31-49-45(42-13-7-9-15-48(42)52-49)30-43(44)36-19-18-33-10-4-5-11-35(33)28-36;1-2-4-6-5-3-1/h4-8,10-14,16-27,29-31,36H,9,15,28H2,1-3H3;1-6H. The van der Waals surface area contributed by atoms with Gasteiger partial charge < -0.3 is 4.90 Å². The summed E-state index contributed by atoms with van der Waals surface area (Å²) < 4.78 is 1.39. The highest BCUT2D eigenvalue weighted by Crippen LogP contribution is 2.51. The Kier molecular flexibility index (Phi) is 9.31. The summed E-state index contributed by atoms with van der Waals surface area (Å²) in [6.45, 7) is 6.88. The van der Waals surface area contributed by atoms with E-state index < -0.39 is 0 Å². The zero-order valence-electron chi connectivity index (χ0n) is 33.5. The Balaban J connectivity index is 0.000000626. The fraction of sp³-hybridized carbons (Fsp3) is 0.143. The highest BCUT2D eigenvalue weighted by molar-refractivity contribution is 7.19. The highest BCUT2D eigenvalue weighted by Gasteiger charge is 2.35. The van der Waals surface area contributed by atoms with Crippen LogP contribution >= 0.6 is 11.3 Å². The molecule has 1 atom stereocenters. The van der Waals surface area contributed by atoms with Crippen LogP contribution in [0.1, 0.15) is 70.0 Å². The second-order valence-corrected chi connectivity index (χ2v) is 17.6. The molecule has 7 aromatic carbocycles. The summed E-state index contributed by atoms with van der Waals surface area (Å²) >= 11 is 1.98. The third-order valence-corrected chi connectivity index (χ3v) is 13.6. The molecule has 2 heteroatoms. The Labute approximate surface area is 347 Å². The van der Waals surface area contributed by atoms with Crippen molar-refractivity contribution in [1.29, 1.82) is 0 Å². The van der Waals surface area contributed by atoms with Crippen molar-refractivity contribution in [3.63, 3.8) is 0 Å². The van der Waals surface area contributed by atoms with Crippen LogP contribution in [0, 0.1) is 6.92 Å². The molecule has 3 aliphatic rings. The molecular formula is C56H47NS.